The molecule has 0 amide bonds. The molecule has 0 aliphatic rings. The Kier molecular flexibility index (Phi) is 4.52. The zero-order valence-corrected chi connectivity index (χ0v) is 14.4. The Bertz CT molecular complexity index is 998. The van der Waals surface area contributed by atoms with E-state index in [0.29, 0.717) is 27.2 Å². The first-order valence-electron chi connectivity index (χ1n) is 6.85. The zero-order valence-electron chi connectivity index (χ0n) is 12.8. The van der Waals surface area contributed by atoms with Gasteiger partial charge in [-0.05, 0) is 49.0 Å². The number of alkyl halides is 2. The summed E-state index contributed by atoms with van der Waals surface area (Å²) in [5.41, 5.74) is 0.695. The molecule has 132 valence electrons. The van der Waals surface area contributed by atoms with Crippen LogP contribution in [-0.2, 0) is 9.84 Å². The van der Waals surface area contributed by atoms with Gasteiger partial charge in [0.05, 0.1) is 16.7 Å². The van der Waals surface area contributed by atoms with Crippen LogP contribution in [0.3, 0.4) is 0 Å². The van der Waals surface area contributed by atoms with E-state index in [1.807, 2.05) is 0 Å². The first-order valence-corrected chi connectivity index (χ1v) is 9.22. The third-order valence-corrected chi connectivity index (χ3v) is 5.73. The van der Waals surface area contributed by atoms with Gasteiger partial charge in [-0.15, -0.1) is 10.2 Å². The third kappa shape index (κ3) is 3.24. The van der Waals surface area contributed by atoms with Crippen LogP contribution in [-0.4, -0.2) is 29.0 Å². The van der Waals surface area contributed by atoms with Crippen LogP contribution >= 0.6 is 11.8 Å². The summed E-state index contributed by atoms with van der Waals surface area (Å²) in [5.74, 6) is 3.57. The maximum Gasteiger partial charge on any atom is 0.341 e. The van der Waals surface area contributed by atoms with Crippen LogP contribution in [0.15, 0.2) is 56.0 Å². The molecule has 0 aliphatic carbocycles. The number of halogens is 2. The highest BCUT2D eigenvalue weighted by molar-refractivity contribution is 7.99. The van der Waals surface area contributed by atoms with Gasteiger partial charge in [-0.2, -0.15) is 8.78 Å². The topological polar surface area (TPSA) is 104 Å². The van der Waals surface area contributed by atoms with Crippen molar-refractivity contribution in [3.8, 4) is 11.4 Å². The van der Waals surface area contributed by atoms with E-state index in [1.54, 1.807) is 13.0 Å². The zero-order chi connectivity index (χ0) is 18.2. The summed E-state index contributed by atoms with van der Waals surface area (Å²) < 4.78 is 54.4. The van der Waals surface area contributed by atoms with E-state index in [2.05, 4.69) is 10.2 Å². The van der Waals surface area contributed by atoms with Crippen LogP contribution in [0.1, 0.15) is 5.76 Å². The fourth-order valence-corrected chi connectivity index (χ4v) is 3.52. The molecular formula is C14H12F2N4O3S2. The van der Waals surface area contributed by atoms with Crippen molar-refractivity contribution in [2.24, 2.45) is 0 Å². The lowest BCUT2D eigenvalue weighted by Crippen LogP contribution is -2.12. The Morgan fingerprint density at radius 3 is 2.44 bits per heavy atom. The van der Waals surface area contributed by atoms with E-state index in [-0.39, 0.29) is 0 Å². The molecule has 2 N–H and O–H groups in total. The number of nitrogens with two attached hydrogens (primary N) is 1. The Morgan fingerprint density at radius 1 is 1.20 bits per heavy atom. The minimum atomic E-state index is -4.62. The molecule has 25 heavy (non-hydrogen) atoms. The minimum Gasteiger partial charge on any atom is -0.469 e. The average molecular weight is 386 g/mol. The molecule has 2 heterocycles. The molecule has 11 heteroatoms. The summed E-state index contributed by atoms with van der Waals surface area (Å²) in [6, 6.07) is 6.74. The molecule has 0 atom stereocenters. The van der Waals surface area contributed by atoms with Crippen molar-refractivity contribution in [3.05, 3.63) is 42.4 Å². The summed E-state index contributed by atoms with van der Waals surface area (Å²) >= 11 is 1.12. The average Bonchev–Trinajstić information content (AvgIpc) is 3.14. The van der Waals surface area contributed by atoms with E-state index in [9.17, 15) is 17.2 Å². The van der Waals surface area contributed by atoms with Crippen molar-refractivity contribution in [3.63, 3.8) is 0 Å². The molecule has 0 saturated heterocycles. The van der Waals surface area contributed by atoms with Crippen LogP contribution in [0.4, 0.5) is 8.78 Å². The number of furan rings is 1. The molecule has 2 aromatic heterocycles. The monoisotopic (exact) mass is 386 g/mol. The summed E-state index contributed by atoms with van der Waals surface area (Å²) in [7, 11) is -4.62. The Morgan fingerprint density at radius 2 is 1.88 bits per heavy atom. The lowest BCUT2D eigenvalue weighted by molar-refractivity contribution is 0.234. The Hall–Kier alpha value is -2.40. The molecule has 1 aromatic carbocycles. The van der Waals surface area contributed by atoms with Gasteiger partial charge in [-0.1, -0.05) is 0 Å². The molecule has 0 spiro atoms. The van der Waals surface area contributed by atoms with E-state index >= 15 is 0 Å². The molecule has 0 aliphatic heterocycles. The van der Waals surface area contributed by atoms with Crippen molar-refractivity contribution in [1.29, 1.82) is 0 Å². The second-order valence-corrected chi connectivity index (χ2v) is 7.90. The van der Waals surface area contributed by atoms with Crippen molar-refractivity contribution in [2.45, 2.75) is 27.6 Å². The first-order chi connectivity index (χ1) is 11.8. The molecule has 0 fully saturated rings. The van der Waals surface area contributed by atoms with Gasteiger partial charge in [0.1, 0.15) is 5.76 Å². The smallest absolute Gasteiger partial charge is 0.341 e. The number of benzene rings is 1. The fraction of sp³-hybridized carbons (Fsp3) is 0.143. The number of aromatic nitrogens is 3. The molecule has 3 rings (SSSR count). The van der Waals surface area contributed by atoms with Crippen LogP contribution in [0.25, 0.3) is 11.4 Å². The van der Waals surface area contributed by atoms with Gasteiger partial charge in [-0.3, -0.25) is 0 Å². The minimum absolute atomic E-state index is 0.347. The van der Waals surface area contributed by atoms with Crippen LogP contribution < -0.4 is 5.84 Å². The number of nitrogens with zero attached hydrogens (tertiary/aromatic N) is 3. The summed E-state index contributed by atoms with van der Waals surface area (Å²) in [6.45, 7) is 1.76. The van der Waals surface area contributed by atoms with Gasteiger partial charge in [0.25, 0.3) is 0 Å². The van der Waals surface area contributed by atoms with Gasteiger partial charge >= 0.3 is 5.76 Å². The van der Waals surface area contributed by atoms with Gasteiger partial charge in [0, 0.05) is 4.90 Å². The number of hydrogen-bond acceptors (Lipinski definition) is 7. The van der Waals surface area contributed by atoms with Gasteiger partial charge in [0.2, 0.25) is 15.0 Å². The van der Waals surface area contributed by atoms with Crippen molar-refractivity contribution in [2.75, 3.05) is 5.84 Å². The normalized spacial score (nSPS) is 12.0. The molecule has 0 unspecified atom stereocenters. The lowest BCUT2D eigenvalue weighted by atomic mass is 10.2. The maximum atomic E-state index is 12.5. The number of hydrogen-bond donors (Lipinski definition) is 1. The number of aryl methyl sites for hydroxylation is 1. The van der Waals surface area contributed by atoms with Crippen molar-refractivity contribution >= 4 is 21.6 Å². The lowest BCUT2D eigenvalue weighted by Gasteiger charge is -2.05. The second-order valence-electron chi connectivity index (χ2n) is 4.95. The van der Waals surface area contributed by atoms with E-state index in [4.69, 9.17) is 10.3 Å². The summed E-state index contributed by atoms with van der Waals surface area (Å²) in [5, 5.41) is 8.33. The van der Waals surface area contributed by atoms with Crippen molar-refractivity contribution < 1.29 is 21.6 Å². The number of rotatable bonds is 5. The van der Waals surface area contributed by atoms with Crippen LogP contribution in [0.2, 0.25) is 0 Å². The molecule has 0 saturated carbocycles. The van der Waals surface area contributed by atoms with E-state index in [1.165, 1.54) is 23.1 Å². The van der Waals surface area contributed by atoms with E-state index in [0.717, 1.165) is 23.9 Å². The molecule has 3 aromatic rings. The quantitative estimate of drug-likeness (QED) is 0.672. The largest absolute Gasteiger partial charge is 0.469 e. The van der Waals surface area contributed by atoms with Crippen LogP contribution in [0.5, 0.6) is 0 Å². The number of sulfone groups is 1. The maximum absolute atomic E-state index is 12.5. The summed E-state index contributed by atoms with van der Waals surface area (Å²) in [6.07, 6.45) is 1.51. The fourth-order valence-electron chi connectivity index (χ4n) is 2.05. The van der Waals surface area contributed by atoms with Crippen LogP contribution in [0, 0.1) is 6.92 Å². The molecule has 0 bridgehead atoms. The van der Waals surface area contributed by atoms with Crippen molar-refractivity contribution in [1.82, 2.24) is 14.9 Å². The van der Waals surface area contributed by atoms with Gasteiger partial charge in [0.15, 0.2) is 5.82 Å². The third-order valence-electron chi connectivity index (χ3n) is 3.36. The number of nitrogen functional groups attached to an aromatic ring is 1. The predicted molar refractivity (Wildman–Crippen MR) is 86.4 cm³/mol. The summed E-state index contributed by atoms with van der Waals surface area (Å²) in [4.78, 5) is 0.124. The SMILES string of the molecule is Cc1occc1-c1nnc(Sc2ccc(S(=O)(=O)C(F)F)cc2)n1N. The van der Waals surface area contributed by atoms with Gasteiger partial charge in [-0.25, -0.2) is 13.1 Å². The highest BCUT2D eigenvalue weighted by atomic mass is 32.2. The van der Waals surface area contributed by atoms with Gasteiger partial charge < -0.3 is 10.3 Å². The second kappa shape index (κ2) is 6.48. The Labute approximate surface area is 145 Å². The molecule has 0 radical (unpaired) electrons. The van der Waals surface area contributed by atoms with E-state index < -0.39 is 20.5 Å². The molecule has 7 nitrogen and oxygen atoms in total. The predicted octanol–water partition coefficient (Wildman–Crippen LogP) is 2.71. The molecular weight excluding hydrogens is 374 g/mol. The standard InChI is InChI=1S/C14H12F2N4O3S2/c1-8-11(6-7-23-8)12-18-19-14(20(12)17)24-9-2-4-10(5-3-9)25(21,22)13(15)16/h2-7,13H,17H2,1H3. The Balaban J connectivity index is 1.85. The highest BCUT2D eigenvalue weighted by Crippen LogP contribution is 2.30. The highest BCUT2D eigenvalue weighted by Gasteiger charge is 2.26. The first kappa shape index (κ1) is 17.4.